The van der Waals surface area contributed by atoms with E-state index in [9.17, 15) is 4.79 Å². The van der Waals surface area contributed by atoms with E-state index in [1.54, 1.807) is 31.2 Å². The number of hydrogen-bond acceptors (Lipinski definition) is 5. The molecule has 0 spiro atoms. The van der Waals surface area contributed by atoms with Gasteiger partial charge in [-0.15, -0.1) is 11.3 Å². The van der Waals surface area contributed by atoms with Gasteiger partial charge in [-0.2, -0.15) is 0 Å². The smallest absolute Gasteiger partial charge is 0.266 e. The number of hydrogen-bond donors (Lipinski definition) is 1. The van der Waals surface area contributed by atoms with E-state index in [2.05, 4.69) is 17.2 Å². The maximum atomic E-state index is 12.4. The molecule has 0 saturated heterocycles. The fourth-order valence-corrected chi connectivity index (χ4v) is 3.23. The predicted molar refractivity (Wildman–Crippen MR) is 114 cm³/mol. The molecule has 0 aliphatic rings. The Morgan fingerprint density at radius 3 is 2.50 bits per heavy atom. The maximum Gasteiger partial charge on any atom is 0.266 e. The highest BCUT2D eigenvalue weighted by Gasteiger charge is 2.17. The fraction of sp³-hybridized carbons (Fsp3) is 0.238. The Labute approximate surface area is 173 Å². The molecule has 3 rings (SSSR count). The number of ether oxygens (including phenoxy) is 2. The van der Waals surface area contributed by atoms with Crippen LogP contribution >= 0.6 is 22.9 Å². The topological polar surface area (TPSA) is 60.5 Å². The van der Waals surface area contributed by atoms with Crippen molar-refractivity contribution in [3.8, 4) is 22.8 Å². The van der Waals surface area contributed by atoms with E-state index in [-0.39, 0.29) is 5.91 Å². The maximum absolute atomic E-state index is 12.4. The Morgan fingerprint density at radius 1 is 1.14 bits per heavy atom. The van der Waals surface area contributed by atoms with Gasteiger partial charge in [0.1, 0.15) is 11.5 Å². The summed E-state index contributed by atoms with van der Waals surface area (Å²) >= 11 is 7.22. The number of carbonyl (C=O) groups excluding carboxylic acids is 1. The number of nitrogens with one attached hydrogen (secondary N) is 1. The molecule has 1 aromatic heterocycles. The van der Waals surface area contributed by atoms with E-state index >= 15 is 0 Å². The van der Waals surface area contributed by atoms with Crippen LogP contribution in [0.1, 0.15) is 20.3 Å². The van der Waals surface area contributed by atoms with Crippen molar-refractivity contribution in [2.24, 2.45) is 0 Å². The molecular weight excluding hydrogens is 396 g/mol. The number of carbonyl (C=O) groups is 1. The third-order valence-electron chi connectivity index (χ3n) is 3.85. The summed E-state index contributed by atoms with van der Waals surface area (Å²) in [4.78, 5) is 16.8. The monoisotopic (exact) mass is 416 g/mol. The van der Waals surface area contributed by atoms with E-state index in [0.717, 1.165) is 23.4 Å². The van der Waals surface area contributed by atoms with Crippen molar-refractivity contribution >= 4 is 34.0 Å². The van der Waals surface area contributed by atoms with Crippen molar-refractivity contribution in [1.29, 1.82) is 0 Å². The molecule has 0 saturated carbocycles. The minimum absolute atomic E-state index is 0.265. The van der Waals surface area contributed by atoms with Gasteiger partial charge < -0.3 is 9.47 Å². The summed E-state index contributed by atoms with van der Waals surface area (Å²) in [6.45, 7) is 4.46. The molecule has 0 aliphatic heterocycles. The predicted octanol–water partition coefficient (Wildman–Crippen LogP) is 5.66. The molecule has 1 atom stereocenters. The SMILES string of the molecule is CCCOc1ccc(-c2csc(NC(=O)[C@@H](C)Oc3ccc(Cl)cc3)n2)cc1. The van der Waals surface area contributed by atoms with Crippen LogP contribution in [0, 0.1) is 0 Å². The lowest BCUT2D eigenvalue weighted by atomic mass is 10.2. The zero-order valence-electron chi connectivity index (χ0n) is 15.6. The average Bonchev–Trinajstić information content (AvgIpc) is 3.17. The third-order valence-corrected chi connectivity index (χ3v) is 4.86. The molecule has 0 radical (unpaired) electrons. The Hall–Kier alpha value is -2.57. The van der Waals surface area contributed by atoms with E-state index in [1.807, 2.05) is 29.6 Å². The van der Waals surface area contributed by atoms with Gasteiger partial charge in [0, 0.05) is 16.0 Å². The number of aromatic nitrogens is 1. The fourth-order valence-electron chi connectivity index (χ4n) is 2.38. The van der Waals surface area contributed by atoms with Crippen molar-refractivity contribution in [1.82, 2.24) is 4.98 Å². The highest BCUT2D eigenvalue weighted by atomic mass is 35.5. The lowest BCUT2D eigenvalue weighted by molar-refractivity contribution is -0.122. The van der Waals surface area contributed by atoms with Crippen LogP contribution in [-0.4, -0.2) is 23.6 Å². The molecular formula is C21H21ClN2O3S. The molecule has 0 bridgehead atoms. The first-order valence-corrected chi connectivity index (χ1v) is 10.2. The zero-order valence-corrected chi connectivity index (χ0v) is 17.2. The molecule has 146 valence electrons. The summed E-state index contributed by atoms with van der Waals surface area (Å²) in [6.07, 6.45) is 0.306. The van der Waals surface area contributed by atoms with E-state index < -0.39 is 6.10 Å². The summed E-state index contributed by atoms with van der Waals surface area (Å²) in [6, 6.07) is 14.6. The Kier molecular flexibility index (Phi) is 6.90. The number of amides is 1. The Bertz CT molecular complexity index is 910. The Morgan fingerprint density at radius 2 is 1.82 bits per heavy atom. The van der Waals surface area contributed by atoms with Gasteiger partial charge in [-0.25, -0.2) is 4.98 Å². The normalized spacial score (nSPS) is 11.7. The molecule has 1 amide bonds. The van der Waals surface area contributed by atoms with Crippen LogP contribution in [0.4, 0.5) is 5.13 Å². The number of rotatable bonds is 8. The first-order chi connectivity index (χ1) is 13.5. The second-order valence-corrected chi connectivity index (χ2v) is 7.41. The van der Waals surface area contributed by atoms with Gasteiger partial charge in [0.15, 0.2) is 11.2 Å². The number of benzene rings is 2. The van der Waals surface area contributed by atoms with Crippen LogP contribution in [-0.2, 0) is 4.79 Å². The van der Waals surface area contributed by atoms with Crippen molar-refractivity contribution < 1.29 is 14.3 Å². The van der Waals surface area contributed by atoms with Gasteiger partial charge in [0.25, 0.3) is 5.91 Å². The number of halogens is 1. The van der Waals surface area contributed by atoms with Gasteiger partial charge in [-0.3, -0.25) is 10.1 Å². The van der Waals surface area contributed by atoms with Crippen molar-refractivity contribution in [3.05, 3.63) is 58.9 Å². The second-order valence-electron chi connectivity index (χ2n) is 6.11. The van der Waals surface area contributed by atoms with Crippen LogP contribution < -0.4 is 14.8 Å². The van der Waals surface area contributed by atoms with Crippen LogP contribution in [0.3, 0.4) is 0 Å². The van der Waals surface area contributed by atoms with Gasteiger partial charge in [-0.05, 0) is 61.9 Å². The van der Waals surface area contributed by atoms with E-state index in [4.69, 9.17) is 21.1 Å². The zero-order chi connectivity index (χ0) is 19.9. The number of nitrogens with zero attached hydrogens (tertiary/aromatic N) is 1. The van der Waals surface area contributed by atoms with Crippen LogP contribution in [0.15, 0.2) is 53.9 Å². The quantitative estimate of drug-likeness (QED) is 0.514. The lowest BCUT2D eigenvalue weighted by Gasteiger charge is -2.13. The first kappa shape index (κ1) is 20.2. The minimum atomic E-state index is -0.663. The van der Waals surface area contributed by atoms with E-state index in [1.165, 1.54) is 11.3 Å². The van der Waals surface area contributed by atoms with Crippen LogP contribution in [0.25, 0.3) is 11.3 Å². The van der Waals surface area contributed by atoms with E-state index in [0.29, 0.717) is 22.5 Å². The summed E-state index contributed by atoms with van der Waals surface area (Å²) in [7, 11) is 0. The van der Waals surface area contributed by atoms with Gasteiger partial charge in [0.05, 0.1) is 12.3 Å². The first-order valence-electron chi connectivity index (χ1n) is 8.97. The minimum Gasteiger partial charge on any atom is -0.494 e. The van der Waals surface area contributed by atoms with Crippen molar-refractivity contribution in [2.45, 2.75) is 26.4 Å². The molecule has 1 N–H and O–H groups in total. The highest BCUT2D eigenvalue weighted by molar-refractivity contribution is 7.14. The van der Waals surface area contributed by atoms with Crippen molar-refractivity contribution in [2.75, 3.05) is 11.9 Å². The molecule has 1 heterocycles. The van der Waals surface area contributed by atoms with Gasteiger partial charge in [0.2, 0.25) is 0 Å². The van der Waals surface area contributed by atoms with Crippen molar-refractivity contribution in [3.63, 3.8) is 0 Å². The summed E-state index contributed by atoms with van der Waals surface area (Å²) in [5, 5.41) is 5.84. The number of anilines is 1. The summed E-state index contributed by atoms with van der Waals surface area (Å²) in [5.74, 6) is 1.15. The largest absolute Gasteiger partial charge is 0.494 e. The highest BCUT2D eigenvalue weighted by Crippen LogP contribution is 2.27. The lowest BCUT2D eigenvalue weighted by Crippen LogP contribution is -2.30. The standard InChI is InChI=1S/C21H21ClN2O3S/c1-3-12-26-17-8-4-15(5-9-17)19-13-28-21(23-19)24-20(25)14(2)27-18-10-6-16(22)7-11-18/h4-11,13-14H,3,12H2,1-2H3,(H,23,24,25)/t14-/m1/s1. The third kappa shape index (κ3) is 5.47. The summed E-state index contributed by atoms with van der Waals surface area (Å²) in [5.41, 5.74) is 1.76. The summed E-state index contributed by atoms with van der Waals surface area (Å²) < 4.78 is 11.2. The Balaban J connectivity index is 1.58. The molecule has 0 unspecified atom stereocenters. The van der Waals surface area contributed by atoms with Gasteiger partial charge in [-0.1, -0.05) is 18.5 Å². The van der Waals surface area contributed by atoms with Crippen LogP contribution in [0.5, 0.6) is 11.5 Å². The number of thiazole rings is 1. The van der Waals surface area contributed by atoms with Crippen LogP contribution in [0.2, 0.25) is 5.02 Å². The molecule has 7 heteroatoms. The average molecular weight is 417 g/mol. The van der Waals surface area contributed by atoms with Gasteiger partial charge >= 0.3 is 0 Å². The molecule has 0 aliphatic carbocycles. The molecule has 2 aromatic carbocycles. The molecule has 5 nitrogen and oxygen atoms in total. The molecule has 28 heavy (non-hydrogen) atoms. The second kappa shape index (κ2) is 9.57. The molecule has 3 aromatic rings. The molecule has 0 fully saturated rings.